The maximum absolute atomic E-state index is 12.3. The van der Waals surface area contributed by atoms with E-state index in [9.17, 15) is 13.6 Å². The van der Waals surface area contributed by atoms with Crippen LogP contribution in [-0.4, -0.2) is 34.2 Å². The molecule has 0 saturated heterocycles. The average Bonchev–Trinajstić information content (AvgIpc) is 2.95. The number of hydrogen-bond donors (Lipinski definition) is 1. The summed E-state index contributed by atoms with van der Waals surface area (Å²) in [6.45, 7) is -0.927. The molecule has 5 nitrogen and oxygen atoms in total. The SMILES string of the molecule is CCSc1nnc(SCC(=O)Nc2ccccc2OC(F)F)s1. The molecule has 1 heterocycles. The number of alkyl halides is 2. The Morgan fingerprint density at radius 3 is 2.70 bits per heavy atom. The number of nitrogens with zero attached hydrogens (tertiary/aromatic N) is 2. The van der Waals surface area contributed by atoms with Crippen molar-refractivity contribution in [3.63, 3.8) is 0 Å². The molecule has 10 heteroatoms. The second kappa shape index (κ2) is 9.04. The van der Waals surface area contributed by atoms with Crippen LogP contribution in [0.2, 0.25) is 0 Å². The van der Waals surface area contributed by atoms with E-state index in [1.807, 2.05) is 6.92 Å². The summed E-state index contributed by atoms with van der Waals surface area (Å²) in [5, 5.41) is 10.5. The van der Waals surface area contributed by atoms with E-state index in [0.29, 0.717) is 4.34 Å². The fourth-order valence-electron chi connectivity index (χ4n) is 1.52. The number of hydrogen-bond acceptors (Lipinski definition) is 7. The molecule has 0 aliphatic carbocycles. The number of aromatic nitrogens is 2. The molecule has 0 aliphatic rings. The van der Waals surface area contributed by atoms with Gasteiger partial charge in [0.1, 0.15) is 5.75 Å². The Morgan fingerprint density at radius 2 is 2.00 bits per heavy atom. The number of benzene rings is 1. The Bertz CT molecular complexity index is 655. The van der Waals surface area contributed by atoms with Crippen molar-refractivity contribution >= 4 is 46.5 Å². The van der Waals surface area contributed by atoms with E-state index in [-0.39, 0.29) is 23.1 Å². The summed E-state index contributed by atoms with van der Waals surface area (Å²) < 4.78 is 30.5. The number of para-hydroxylation sites is 2. The van der Waals surface area contributed by atoms with Crippen molar-refractivity contribution in [2.75, 3.05) is 16.8 Å². The third-order valence-electron chi connectivity index (χ3n) is 2.36. The van der Waals surface area contributed by atoms with Gasteiger partial charge < -0.3 is 10.1 Å². The zero-order valence-electron chi connectivity index (χ0n) is 12.0. The summed E-state index contributed by atoms with van der Waals surface area (Å²) in [6.07, 6.45) is 0. The first-order valence-electron chi connectivity index (χ1n) is 6.51. The van der Waals surface area contributed by atoms with Gasteiger partial charge in [-0.25, -0.2) is 0 Å². The third-order valence-corrected chi connectivity index (χ3v) is 5.43. The van der Waals surface area contributed by atoms with Gasteiger partial charge in [-0.2, -0.15) is 8.78 Å². The maximum Gasteiger partial charge on any atom is 0.387 e. The summed E-state index contributed by atoms with van der Waals surface area (Å²) >= 11 is 4.25. The second-order valence-electron chi connectivity index (χ2n) is 3.98. The zero-order chi connectivity index (χ0) is 16.7. The van der Waals surface area contributed by atoms with E-state index in [4.69, 9.17) is 0 Å². The number of carbonyl (C=O) groups is 1. The molecule has 0 radical (unpaired) electrons. The molecule has 0 saturated carbocycles. The van der Waals surface area contributed by atoms with Crippen molar-refractivity contribution in [1.29, 1.82) is 0 Å². The molecule has 0 spiro atoms. The Balaban J connectivity index is 1.89. The van der Waals surface area contributed by atoms with Crippen LogP contribution in [0.5, 0.6) is 5.75 Å². The predicted octanol–water partition coefficient (Wildman–Crippen LogP) is 3.98. The fourth-order valence-corrected chi connectivity index (χ4v) is 4.24. The van der Waals surface area contributed by atoms with E-state index < -0.39 is 6.61 Å². The van der Waals surface area contributed by atoms with E-state index in [2.05, 4.69) is 20.3 Å². The minimum atomic E-state index is -2.95. The van der Waals surface area contributed by atoms with Crippen LogP contribution in [0.3, 0.4) is 0 Å². The highest BCUT2D eigenvalue weighted by Gasteiger charge is 2.13. The standard InChI is InChI=1S/C13H13F2N3O2S3/c1-2-21-12-17-18-13(23-12)22-7-10(19)16-8-5-3-4-6-9(8)20-11(14)15/h3-6,11H,2,7H2,1H3,(H,16,19). The molecule has 2 rings (SSSR count). The van der Waals surface area contributed by atoms with Crippen molar-refractivity contribution < 1.29 is 18.3 Å². The van der Waals surface area contributed by atoms with E-state index in [1.54, 1.807) is 23.9 Å². The van der Waals surface area contributed by atoms with Gasteiger partial charge in [-0.3, -0.25) is 4.79 Å². The van der Waals surface area contributed by atoms with Gasteiger partial charge in [0.2, 0.25) is 5.91 Å². The minimum Gasteiger partial charge on any atom is -0.433 e. The lowest BCUT2D eigenvalue weighted by molar-refractivity contribution is -0.113. The molecule has 0 atom stereocenters. The molecule has 0 fully saturated rings. The summed E-state index contributed by atoms with van der Waals surface area (Å²) in [4.78, 5) is 11.9. The van der Waals surface area contributed by atoms with Crippen LogP contribution < -0.4 is 10.1 Å². The number of thioether (sulfide) groups is 2. The van der Waals surface area contributed by atoms with Gasteiger partial charge >= 0.3 is 6.61 Å². The molecular weight excluding hydrogens is 364 g/mol. The van der Waals surface area contributed by atoms with Crippen LogP contribution in [-0.2, 0) is 4.79 Å². The lowest BCUT2D eigenvalue weighted by atomic mass is 10.3. The average molecular weight is 377 g/mol. The number of halogens is 2. The minimum absolute atomic E-state index is 0.0709. The van der Waals surface area contributed by atoms with Crippen molar-refractivity contribution in [1.82, 2.24) is 10.2 Å². The smallest absolute Gasteiger partial charge is 0.387 e. The van der Waals surface area contributed by atoms with Crippen molar-refractivity contribution in [2.24, 2.45) is 0 Å². The topological polar surface area (TPSA) is 64.1 Å². The summed E-state index contributed by atoms with van der Waals surface area (Å²) in [6, 6.07) is 6.05. The largest absolute Gasteiger partial charge is 0.433 e. The number of amides is 1. The van der Waals surface area contributed by atoms with E-state index >= 15 is 0 Å². The van der Waals surface area contributed by atoms with Crippen LogP contribution in [0.1, 0.15) is 6.92 Å². The molecule has 1 amide bonds. The highest BCUT2D eigenvalue weighted by molar-refractivity contribution is 8.03. The lowest BCUT2D eigenvalue weighted by Crippen LogP contribution is -2.15. The molecule has 1 aromatic carbocycles. The highest BCUT2D eigenvalue weighted by Crippen LogP contribution is 2.29. The molecule has 0 unspecified atom stereocenters. The Hall–Kier alpha value is -1.39. The van der Waals surface area contributed by atoms with Crippen molar-refractivity contribution in [2.45, 2.75) is 22.2 Å². The van der Waals surface area contributed by atoms with Gasteiger partial charge in [0.25, 0.3) is 0 Å². The highest BCUT2D eigenvalue weighted by atomic mass is 32.2. The van der Waals surface area contributed by atoms with Crippen LogP contribution in [0, 0.1) is 0 Å². The summed E-state index contributed by atoms with van der Waals surface area (Å²) in [7, 11) is 0. The first-order valence-corrected chi connectivity index (χ1v) is 9.30. The van der Waals surface area contributed by atoms with Crippen LogP contribution >= 0.6 is 34.9 Å². The van der Waals surface area contributed by atoms with E-state index in [0.717, 1.165) is 10.1 Å². The second-order valence-corrected chi connectivity index (χ2v) is 7.69. The van der Waals surface area contributed by atoms with Gasteiger partial charge in [-0.05, 0) is 17.9 Å². The molecule has 23 heavy (non-hydrogen) atoms. The zero-order valence-corrected chi connectivity index (χ0v) is 14.4. The molecule has 2 aromatic rings. The number of nitrogens with one attached hydrogen (secondary N) is 1. The van der Waals surface area contributed by atoms with Gasteiger partial charge in [-0.1, -0.05) is 53.9 Å². The van der Waals surface area contributed by atoms with Gasteiger partial charge in [0.05, 0.1) is 11.4 Å². The molecule has 1 N–H and O–H groups in total. The Labute approximate surface area is 144 Å². The van der Waals surface area contributed by atoms with E-state index in [1.165, 1.54) is 35.2 Å². The van der Waals surface area contributed by atoms with Crippen LogP contribution in [0.4, 0.5) is 14.5 Å². The number of carbonyl (C=O) groups excluding carboxylic acids is 1. The van der Waals surface area contributed by atoms with Crippen molar-refractivity contribution in [3.05, 3.63) is 24.3 Å². The lowest BCUT2D eigenvalue weighted by Gasteiger charge is -2.11. The normalized spacial score (nSPS) is 10.8. The maximum atomic E-state index is 12.3. The molecule has 1 aromatic heterocycles. The van der Waals surface area contributed by atoms with Crippen LogP contribution in [0.25, 0.3) is 0 Å². The summed E-state index contributed by atoms with van der Waals surface area (Å²) in [5.74, 6) is 0.605. The fraction of sp³-hybridized carbons (Fsp3) is 0.308. The summed E-state index contributed by atoms with van der Waals surface area (Å²) in [5.41, 5.74) is 0.206. The molecule has 0 bridgehead atoms. The van der Waals surface area contributed by atoms with Gasteiger partial charge in [0.15, 0.2) is 8.68 Å². The monoisotopic (exact) mass is 377 g/mol. The quantitative estimate of drug-likeness (QED) is 0.702. The Kier molecular flexibility index (Phi) is 7.06. The third kappa shape index (κ3) is 5.96. The first kappa shape index (κ1) is 18.0. The number of rotatable bonds is 8. The molecular formula is C13H13F2N3O2S3. The molecule has 0 aliphatic heterocycles. The van der Waals surface area contributed by atoms with Crippen LogP contribution in [0.15, 0.2) is 32.9 Å². The van der Waals surface area contributed by atoms with Gasteiger partial charge in [-0.15, -0.1) is 10.2 Å². The number of ether oxygens (including phenoxy) is 1. The van der Waals surface area contributed by atoms with Gasteiger partial charge in [0, 0.05) is 0 Å². The van der Waals surface area contributed by atoms with Crippen molar-refractivity contribution in [3.8, 4) is 5.75 Å². The molecule has 124 valence electrons. The number of anilines is 1. The Morgan fingerprint density at radius 1 is 1.30 bits per heavy atom. The first-order chi connectivity index (χ1) is 11.1. The predicted molar refractivity (Wildman–Crippen MR) is 88.7 cm³/mol.